The van der Waals surface area contributed by atoms with Crippen LogP contribution in [0.25, 0.3) is 0 Å². The quantitative estimate of drug-likeness (QED) is 0.833. The fourth-order valence-corrected chi connectivity index (χ4v) is 4.17. The first kappa shape index (κ1) is 20.4. The van der Waals surface area contributed by atoms with E-state index in [1.54, 1.807) is 12.1 Å². The van der Waals surface area contributed by atoms with E-state index in [0.717, 1.165) is 0 Å². The van der Waals surface area contributed by atoms with Gasteiger partial charge in [0.25, 0.3) is 0 Å². The Morgan fingerprint density at radius 3 is 2.08 bits per heavy atom. The summed E-state index contributed by atoms with van der Waals surface area (Å²) < 4.78 is 27.0. The van der Waals surface area contributed by atoms with Crippen LogP contribution >= 0.6 is 0 Å². The third-order valence-electron chi connectivity index (χ3n) is 4.28. The molecule has 2 amide bonds. The largest absolute Gasteiger partial charge is 0.353 e. The van der Waals surface area contributed by atoms with Crippen molar-refractivity contribution in [3.8, 4) is 0 Å². The van der Waals surface area contributed by atoms with Crippen molar-refractivity contribution in [1.29, 1.82) is 0 Å². The number of amides is 2. The van der Waals surface area contributed by atoms with Gasteiger partial charge in [-0.25, -0.2) is 8.42 Å². The molecule has 0 bridgehead atoms. The van der Waals surface area contributed by atoms with E-state index in [1.165, 1.54) is 23.4 Å². The number of carbonyl (C=O) groups excluding carboxylic acids is 2. The number of nitrogens with one attached hydrogen (secondary N) is 2. The van der Waals surface area contributed by atoms with E-state index < -0.39 is 15.4 Å². The van der Waals surface area contributed by atoms with Crippen LogP contribution in [0, 0.1) is 5.41 Å². The summed E-state index contributed by atoms with van der Waals surface area (Å²) in [5, 5.41) is 5.61. The summed E-state index contributed by atoms with van der Waals surface area (Å²) in [7, 11) is -3.58. The molecule has 1 aromatic rings. The molecule has 2 N–H and O–H groups in total. The van der Waals surface area contributed by atoms with E-state index in [9.17, 15) is 18.0 Å². The molecular formula is C18H27N3O4S. The average Bonchev–Trinajstić information content (AvgIpc) is 2.54. The second kappa shape index (κ2) is 7.75. The van der Waals surface area contributed by atoms with Crippen LogP contribution in [0.5, 0.6) is 0 Å². The molecule has 1 fully saturated rings. The fraction of sp³-hybridized carbons (Fsp3) is 0.556. The highest BCUT2D eigenvalue weighted by Crippen LogP contribution is 2.23. The summed E-state index contributed by atoms with van der Waals surface area (Å²) in [6.45, 7) is 7.69. The molecule has 0 unspecified atom stereocenters. The average molecular weight is 381 g/mol. The third kappa shape index (κ3) is 5.04. The minimum Gasteiger partial charge on any atom is -0.353 e. The molecule has 26 heavy (non-hydrogen) atoms. The number of benzene rings is 1. The van der Waals surface area contributed by atoms with Crippen LogP contribution in [0.1, 0.15) is 40.5 Å². The van der Waals surface area contributed by atoms with E-state index in [0.29, 0.717) is 31.6 Å². The SMILES string of the molecule is CC(=O)Nc1ccc(S(=O)(=O)N2CCC(NC(=O)C(C)(C)C)CC2)cc1. The lowest BCUT2D eigenvalue weighted by Crippen LogP contribution is -2.48. The van der Waals surface area contributed by atoms with Crippen LogP contribution in [0.3, 0.4) is 0 Å². The van der Waals surface area contributed by atoms with Gasteiger partial charge in [0.1, 0.15) is 0 Å². The molecule has 0 aromatic heterocycles. The first-order valence-electron chi connectivity index (χ1n) is 8.69. The number of sulfonamides is 1. The normalized spacial score (nSPS) is 16.9. The number of piperidine rings is 1. The molecule has 0 atom stereocenters. The van der Waals surface area contributed by atoms with Gasteiger partial charge in [0.2, 0.25) is 21.8 Å². The Hall–Kier alpha value is -1.93. The third-order valence-corrected chi connectivity index (χ3v) is 6.20. The lowest BCUT2D eigenvalue weighted by atomic mass is 9.94. The van der Waals surface area contributed by atoms with Crippen molar-refractivity contribution in [2.45, 2.75) is 51.5 Å². The zero-order valence-corrected chi connectivity index (χ0v) is 16.5. The molecule has 0 saturated carbocycles. The summed E-state index contributed by atoms with van der Waals surface area (Å²) in [6.07, 6.45) is 1.18. The van der Waals surface area contributed by atoms with Gasteiger partial charge in [-0.05, 0) is 37.1 Å². The molecule has 1 heterocycles. The van der Waals surface area contributed by atoms with Crippen molar-refractivity contribution in [2.75, 3.05) is 18.4 Å². The Morgan fingerprint density at radius 1 is 1.08 bits per heavy atom. The lowest BCUT2D eigenvalue weighted by molar-refractivity contribution is -0.129. The summed E-state index contributed by atoms with van der Waals surface area (Å²) in [5.41, 5.74) is 0.0961. The maximum atomic E-state index is 12.8. The van der Waals surface area contributed by atoms with Gasteiger partial charge in [0.05, 0.1) is 4.90 Å². The summed E-state index contributed by atoms with van der Waals surface area (Å²) in [6, 6.07) is 6.13. The molecule has 7 nitrogen and oxygen atoms in total. The monoisotopic (exact) mass is 381 g/mol. The van der Waals surface area contributed by atoms with Crippen molar-refractivity contribution in [2.24, 2.45) is 5.41 Å². The number of hydrogen-bond donors (Lipinski definition) is 2. The van der Waals surface area contributed by atoms with Crippen LogP contribution in [0.4, 0.5) is 5.69 Å². The van der Waals surface area contributed by atoms with Gasteiger partial charge in [0, 0.05) is 37.2 Å². The van der Waals surface area contributed by atoms with Crippen molar-refractivity contribution in [3.05, 3.63) is 24.3 Å². The van der Waals surface area contributed by atoms with Crippen molar-refractivity contribution in [1.82, 2.24) is 9.62 Å². The first-order valence-corrected chi connectivity index (χ1v) is 10.1. The van der Waals surface area contributed by atoms with E-state index in [-0.39, 0.29) is 22.8 Å². The molecule has 8 heteroatoms. The van der Waals surface area contributed by atoms with Gasteiger partial charge >= 0.3 is 0 Å². The highest BCUT2D eigenvalue weighted by molar-refractivity contribution is 7.89. The molecule has 144 valence electrons. The number of hydrogen-bond acceptors (Lipinski definition) is 4. The lowest BCUT2D eigenvalue weighted by Gasteiger charge is -2.33. The smallest absolute Gasteiger partial charge is 0.243 e. The first-order chi connectivity index (χ1) is 12.0. The maximum Gasteiger partial charge on any atom is 0.243 e. The Labute approximate surface area is 155 Å². The molecule has 1 aromatic carbocycles. The number of anilines is 1. The molecule has 0 spiro atoms. The van der Waals surface area contributed by atoms with Gasteiger partial charge in [-0.15, -0.1) is 0 Å². The number of carbonyl (C=O) groups is 2. The van der Waals surface area contributed by atoms with Gasteiger partial charge in [-0.2, -0.15) is 4.31 Å². The van der Waals surface area contributed by atoms with Crippen LogP contribution in [-0.4, -0.2) is 43.7 Å². The van der Waals surface area contributed by atoms with Gasteiger partial charge in [-0.3, -0.25) is 9.59 Å². The topological polar surface area (TPSA) is 95.6 Å². The van der Waals surface area contributed by atoms with Crippen LogP contribution in [0.15, 0.2) is 29.2 Å². The van der Waals surface area contributed by atoms with Crippen LogP contribution < -0.4 is 10.6 Å². The zero-order chi connectivity index (χ0) is 19.5. The van der Waals surface area contributed by atoms with Crippen molar-refractivity contribution < 1.29 is 18.0 Å². The number of rotatable bonds is 4. The van der Waals surface area contributed by atoms with E-state index in [2.05, 4.69) is 10.6 Å². The Balaban J connectivity index is 1.99. The Kier molecular flexibility index (Phi) is 6.08. The molecule has 1 aliphatic heterocycles. The fourth-order valence-electron chi connectivity index (χ4n) is 2.70. The van der Waals surface area contributed by atoms with Gasteiger partial charge in [-0.1, -0.05) is 20.8 Å². The molecular weight excluding hydrogens is 354 g/mol. The second-order valence-electron chi connectivity index (χ2n) is 7.61. The molecule has 1 saturated heterocycles. The Morgan fingerprint density at radius 2 is 1.62 bits per heavy atom. The summed E-state index contributed by atoms with van der Waals surface area (Å²) >= 11 is 0. The summed E-state index contributed by atoms with van der Waals surface area (Å²) in [4.78, 5) is 23.3. The van der Waals surface area contributed by atoms with E-state index in [4.69, 9.17) is 0 Å². The van der Waals surface area contributed by atoms with Gasteiger partial charge < -0.3 is 10.6 Å². The molecule has 0 radical (unpaired) electrons. The predicted octanol–water partition coefficient (Wildman–Crippen LogP) is 1.96. The van der Waals surface area contributed by atoms with Crippen molar-refractivity contribution in [3.63, 3.8) is 0 Å². The minimum atomic E-state index is -3.58. The molecule has 0 aliphatic carbocycles. The van der Waals surface area contributed by atoms with Gasteiger partial charge in [0.15, 0.2) is 0 Å². The maximum absolute atomic E-state index is 12.8. The predicted molar refractivity (Wildman–Crippen MR) is 100 cm³/mol. The molecule has 2 rings (SSSR count). The second-order valence-corrected chi connectivity index (χ2v) is 9.55. The van der Waals surface area contributed by atoms with E-state index >= 15 is 0 Å². The highest BCUT2D eigenvalue weighted by atomic mass is 32.2. The highest BCUT2D eigenvalue weighted by Gasteiger charge is 2.31. The van der Waals surface area contributed by atoms with Crippen LogP contribution in [0.2, 0.25) is 0 Å². The standard InChI is InChI=1S/C18H27N3O4S/c1-13(22)19-14-5-7-16(8-6-14)26(24,25)21-11-9-15(10-12-21)20-17(23)18(2,3)4/h5-8,15H,9-12H2,1-4H3,(H,19,22)(H,20,23). The zero-order valence-electron chi connectivity index (χ0n) is 15.7. The molecule has 1 aliphatic rings. The van der Waals surface area contributed by atoms with Crippen molar-refractivity contribution >= 4 is 27.5 Å². The number of nitrogens with zero attached hydrogens (tertiary/aromatic N) is 1. The van der Waals surface area contributed by atoms with E-state index in [1.807, 2.05) is 20.8 Å². The minimum absolute atomic E-state index is 0.00434. The Bertz CT molecular complexity index is 759. The van der Waals surface area contributed by atoms with Crippen LogP contribution in [-0.2, 0) is 19.6 Å². The summed E-state index contributed by atoms with van der Waals surface area (Å²) in [5.74, 6) is -0.229.